The van der Waals surface area contributed by atoms with Crippen molar-refractivity contribution >= 4 is 5.91 Å². The first-order valence-electron chi connectivity index (χ1n) is 6.12. The van der Waals surface area contributed by atoms with Crippen LogP contribution in [0.1, 0.15) is 36.3 Å². The molecule has 1 aromatic rings. The van der Waals surface area contributed by atoms with E-state index in [4.69, 9.17) is 5.26 Å². The molecule has 1 rings (SSSR count). The van der Waals surface area contributed by atoms with Crippen LogP contribution in [-0.2, 0) is 6.42 Å². The van der Waals surface area contributed by atoms with Crippen LogP contribution in [-0.4, -0.2) is 29.4 Å². The van der Waals surface area contributed by atoms with Gasteiger partial charge in [0.05, 0.1) is 18.2 Å². The maximum absolute atomic E-state index is 12.1. The molecule has 4 heteroatoms. The highest BCUT2D eigenvalue weighted by Crippen LogP contribution is 2.08. The lowest BCUT2D eigenvalue weighted by molar-refractivity contribution is 0.0789. The molecule has 0 N–H and O–H groups in total. The Morgan fingerprint density at radius 1 is 1.56 bits per heavy atom. The second-order valence-electron chi connectivity index (χ2n) is 4.78. The van der Waals surface area contributed by atoms with E-state index in [1.54, 1.807) is 30.3 Å². The fourth-order valence-corrected chi connectivity index (χ4v) is 1.56. The topological polar surface area (TPSA) is 57.0 Å². The number of pyridine rings is 1. The Kier molecular flexibility index (Phi) is 5.31. The number of hydrogen-bond donors (Lipinski definition) is 0. The first-order chi connectivity index (χ1) is 8.54. The Bertz CT molecular complexity index is 449. The fourth-order valence-electron chi connectivity index (χ4n) is 1.56. The fraction of sp³-hybridized carbons (Fsp3) is 0.500. The predicted molar refractivity (Wildman–Crippen MR) is 70.0 cm³/mol. The van der Waals surface area contributed by atoms with Gasteiger partial charge in [0.15, 0.2) is 0 Å². The number of carbonyl (C=O) groups is 1. The van der Waals surface area contributed by atoms with Crippen molar-refractivity contribution in [2.45, 2.75) is 26.7 Å². The van der Waals surface area contributed by atoms with E-state index < -0.39 is 0 Å². The Morgan fingerprint density at radius 3 is 2.89 bits per heavy atom. The van der Waals surface area contributed by atoms with E-state index in [1.165, 1.54) is 0 Å². The van der Waals surface area contributed by atoms with Crippen LogP contribution >= 0.6 is 0 Å². The largest absolute Gasteiger partial charge is 0.342 e. The molecule has 0 aliphatic rings. The molecular formula is C14H19N3O. The lowest BCUT2D eigenvalue weighted by atomic mass is 10.1. The van der Waals surface area contributed by atoms with Gasteiger partial charge in [-0.15, -0.1) is 0 Å². The van der Waals surface area contributed by atoms with Crippen molar-refractivity contribution in [3.8, 4) is 6.07 Å². The number of rotatable bonds is 5. The van der Waals surface area contributed by atoms with Crippen LogP contribution in [0.3, 0.4) is 0 Å². The van der Waals surface area contributed by atoms with Gasteiger partial charge in [-0.2, -0.15) is 5.26 Å². The van der Waals surface area contributed by atoms with Gasteiger partial charge in [0, 0.05) is 25.4 Å². The average Bonchev–Trinajstić information content (AvgIpc) is 2.35. The Hall–Kier alpha value is -1.89. The van der Waals surface area contributed by atoms with Gasteiger partial charge in [0.1, 0.15) is 0 Å². The van der Waals surface area contributed by atoms with Crippen LogP contribution in [0.5, 0.6) is 0 Å². The number of nitriles is 1. The van der Waals surface area contributed by atoms with Gasteiger partial charge < -0.3 is 4.90 Å². The first kappa shape index (κ1) is 14.2. The molecule has 0 saturated carbocycles. The molecule has 0 aliphatic carbocycles. The molecule has 0 aliphatic heterocycles. The minimum Gasteiger partial charge on any atom is -0.342 e. The summed E-state index contributed by atoms with van der Waals surface area (Å²) < 4.78 is 0. The second kappa shape index (κ2) is 6.75. The molecule has 96 valence electrons. The molecule has 0 radical (unpaired) electrons. The van der Waals surface area contributed by atoms with Crippen molar-refractivity contribution in [1.82, 2.24) is 9.88 Å². The van der Waals surface area contributed by atoms with E-state index in [9.17, 15) is 4.79 Å². The van der Waals surface area contributed by atoms with Crippen LogP contribution in [0.25, 0.3) is 0 Å². The highest BCUT2D eigenvalue weighted by molar-refractivity contribution is 5.94. The minimum absolute atomic E-state index is 0.0164. The summed E-state index contributed by atoms with van der Waals surface area (Å²) in [5.74, 6) is 0.559. The molecule has 0 aromatic carbocycles. The number of amides is 1. The summed E-state index contributed by atoms with van der Waals surface area (Å²) in [7, 11) is 1.80. The summed E-state index contributed by atoms with van der Waals surface area (Å²) in [5.41, 5.74) is 1.24. The van der Waals surface area contributed by atoms with Crippen molar-refractivity contribution in [2.75, 3.05) is 13.6 Å². The van der Waals surface area contributed by atoms with Crippen LogP contribution in [0.2, 0.25) is 0 Å². The quantitative estimate of drug-likeness (QED) is 0.799. The summed E-state index contributed by atoms with van der Waals surface area (Å²) in [6.45, 7) is 5.01. The van der Waals surface area contributed by atoms with Gasteiger partial charge in [-0.05, 0) is 24.5 Å². The normalized spacial score (nSPS) is 10.2. The Morgan fingerprint density at radius 2 is 2.28 bits per heavy atom. The van der Waals surface area contributed by atoms with E-state index in [-0.39, 0.29) is 12.3 Å². The molecule has 0 fully saturated rings. The van der Waals surface area contributed by atoms with E-state index >= 15 is 0 Å². The van der Waals surface area contributed by atoms with Gasteiger partial charge in [0.25, 0.3) is 5.91 Å². The summed E-state index contributed by atoms with van der Waals surface area (Å²) in [6.07, 6.45) is 2.80. The lowest BCUT2D eigenvalue weighted by Gasteiger charge is -2.18. The standard InChI is InChI=1S/C14H19N3O/c1-11(2)6-9-17(3)14(18)12-5-8-16-13(10-12)4-7-15/h5,8,10-11H,4,6,9H2,1-3H3. The highest BCUT2D eigenvalue weighted by atomic mass is 16.2. The van der Waals surface area contributed by atoms with Crippen molar-refractivity contribution in [1.29, 1.82) is 5.26 Å². The Balaban J connectivity index is 2.71. The summed E-state index contributed by atoms with van der Waals surface area (Å²) in [6, 6.07) is 5.41. The molecule has 0 atom stereocenters. The highest BCUT2D eigenvalue weighted by Gasteiger charge is 2.12. The van der Waals surface area contributed by atoms with Gasteiger partial charge in [-0.1, -0.05) is 13.8 Å². The van der Waals surface area contributed by atoms with Crippen molar-refractivity contribution in [3.63, 3.8) is 0 Å². The van der Waals surface area contributed by atoms with Gasteiger partial charge >= 0.3 is 0 Å². The SMILES string of the molecule is CC(C)CCN(C)C(=O)c1ccnc(CC#N)c1. The minimum atomic E-state index is -0.0164. The predicted octanol–water partition coefficient (Wildman–Crippen LogP) is 2.27. The summed E-state index contributed by atoms with van der Waals surface area (Å²) in [5, 5.41) is 8.62. The molecule has 0 spiro atoms. The van der Waals surface area contributed by atoms with E-state index in [0.29, 0.717) is 17.2 Å². The molecule has 4 nitrogen and oxygen atoms in total. The third-order valence-corrected chi connectivity index (χ3v) is 2.71. The molecular weight excluding hydrogens is 226 g/mol. The zero-order valence-corrected chi connectivity index (χ0v) is 11.2. The molecule has 1 heterocycles. The number of nitrogens with zero attached hydrogens (tertiary/aromatic N) is 3. The first-order valence-corrected chi connectivity index (χ1v) is 6.12. The molecule has 1 amide bonds. The maximum Gasteiger partial charge on any atom is 0.253 e. The average molecular weight is 245 g/mol. The zero-order valence-electron chi connectivity index (χ0n) is 11.2. The van der Waals surface area contributed by atoms with Crippen LogP contribution in [0, 0.1) is 17.2 Å². The number of hydrogen-bond acceptors (Lipinski definition) is 3. The number of carbonyl (C=O) groups excluding carboxylic acids is 1. The van der Waals surface area contributed by atoms with E-state index in [2.05, 4.69) is 18.8 Å². The Labute approximate surface area is 108 Å². The summed E-state index contributed by atoms with van der Waals surface area (Å²) in [4.78, 5) is 17.9. The molecule has 0 unspecified atom stereocenters. The number of aromatic nitrogens is 1. The molecule has 1 aromatic heterocycles. The monoisotopic (exact) mass is 245 g/mol. The third kappa shape index (κ3) is 4.17. The van der Waals surface area contributed by atoms with Crippen LogP contribution < -0.4 is 0 Å². The van der Waals surface area contributed by atoms with Crippen LogP contribution in [0.4, 0.5) is 0 Å². The van der Waals surface area contributed by atoms with E-state index in [1.807, 2.05) is 6.07 Å². The van der Waals surface area contributed by atoms with E-state index in [0.717, 1.165) is 13.0 Å². The second-order valence-corrected chi connectivity index (χ2v) is 4.78. The maximum atomic E-state index is 12.1. The third-order valence-electron chi connectivity index (χ3n) is 2.71. The molecule has 0 bridgehead atoms. The lowest BCUT2D eigenvalue weighted by Crippen LogP contribution is -2.28. The van der Waals surface area contributed by atoms with Crippen molar-refractivity contribution in [2.24, 2.45) is 5.92 Å². The van der Waals surface area contributed by atoms with Crippen LogP contribution in [0.15, 0.2) is 18.3 Å². The van der Waals surface area contributed by atoms with Gasteiger partial charge in [0.2, 0.25) is 0 Å². The molecule has 0 saturated heterocycles. The van der Waals surface area contributed by atoms with Crippen molar-refractivity contribution in [3.05, 3.63) is 29.6 Å². The zero-order chi connectivity index (χ0) is 13.5. The molecule has 18 heavy (non-hydrogen) atoms. The summed E-state index contributed by atoms with van der Waals surface area (Å²) >= 11 is 0. The smallest absolute Gasteiger partial charge is 0.253 e. The van der Waals surface area contributed by atoms with Gasteiger partial charge in [-0.25, -0.2) is 0 Å². The van der Waals surface area contributed by atoms with Gasteiger partial charge in [-0.3, -0.25) is 9.78 Å². The van der Waals surface area contributed by atoms with Crippen molar-refractivity contribution < 1.29 is 4.79 Å².